The molecule has 0 unspecified atom stereocenters. The largest absolute Gasteiger partial charge is 0.540 e. The van der Waals surface area contributed by atoms with Gasteiger partial charge in [0.2, 0.25) is 23.6 Å². The molecule has 4 aliphatic carbocycles. The van der Waals surface area contributed by atoms with Crippen LogP contribution in [-0.2, 0) is 77.6 Å². The fraction of sp³-hybridized carbons (Fsp3) is 0.672. The molecule has 4 aromatic rings. The molecule has 4 saturated carbocycles. The summed E-state index contributed by atoms with van der Waals surface area (Å²) in [6.45, 7) is 16.2. The van der Waals surface area contributed by atoms with E-state index in [9.17, 15) is 28.8 Å². The van der Waals surface area contributed by atoms with Crippen molar-refractivity contribution in [2.75, 3.05) is 27.3 Å². The Morgan fingerprint density at radius 2 is 1.03 bits per heavy atom. The van der Waals surface area contributed by atoms with E-state index in [2.05, 4.69) is 30.6 Å². The number of benzene rings is 2. The van der Waals surface area contributed by atoms with Crippen LogP contribution in [0.3, 0.4) is 0 Å². The van der Waals surface area contributed by atoms with Gasteiger partial charge >= 0.3 is 24.0 Å². The summed E-state index contributed by atoms with van der Waals surface area (Å²) in [5.41, 5.74) is -4.65. The summed E-state index contributed by atoms with van der Waals surface area (Å²) in [6, 6.07) is 5.61. The second kappa shape index (κ2) is 26.6. The molecule has 2 N–H and O–H groups in total. The van der Waals surface area contributed by atoms with E-state index in [4.69, 9.17) is 28.4 Å². The number of nitrogens with zero attached hydrogens (tertiary/aromatic N) is 6. The maximum Gasteiger partial charge on any atom is 0.408 e. The molecule has 4 bridgehead atoms. The van der Waals surface area contributed by atoms with Crippen molar-refractivity contribution >= 4 is 58.6 Å². The van der Waals surface area contributed by atoms with Crippen molar-refractivity contribution in [3.63, 3.8) is 0 Å². The summed E-state index contributed by atoms with van der Waals surface area (Å²) in [7, 11) is 3.00. The molecule has 6 heterocycles. The van der Waals surface area contributed by atoms with Crippen molar-refractivity contribution in [2.45, 2.75) is 212 Å². The average Bonchev–Trinajstić information content (AvgIpc) is 1.56. The van der Waals surface area contributed by atoms with Gasteiger partial charge in [0.05, 0.1) is 49.4 Å². The molecule has 504 valence electrons. The number of hydrogen-bond donors (Lipinski definition) is 2. The van der Waals surface area contributed by atoms with Crippen LogP contribution in [0.2, 0.25) is 0 Å². The van der Waals surface area contributed by atoms with Gasteiger partial charge in [0.1, 0.15) is 47.5 Å². The number of alkyl carbamates (subject to hydrolysis) is 2. The Hall–Kier alpha value is -5.97. The molecular formula is C67H84F4N8O12V2-2. The van der Waals surface area contributed by atoms with Crippen LogP contribution in [0.15, 0.2) is 36.4 Å². The molecule has 2 radical (unpaired) electrons. The Morgan fingerprint density at radius 1 is 0.602 bits per heavy atom. The number of carbonyl (C=O) groups excluding carboxylic acids is 6. The molecule has 2 saturated heterocycles. The maximum atomic E-state index is 16.8. The number of alkyl halides is 4. The number of aromatic nitrogens is 4. The second-order valence-electron chi connectivity index (χ2n) is 29.0. The van der Waals surface area contributed by atoms with Crippen LogP contribution in [0.25, 0.3) is 22.1 Å². The first-order chi connectivity index (χ1) is 43.0. The quantitative estimate of drug-likeness (QED) is 0.135. The Balaban J connectivity index is 0.000000215. The van der Waals surface area contributed by atoms with Gasteiger partial charge < -0.3 is 58.4 Å². The summed E-state index contributed by atoms with van der Waals surface area (Å²) in [5, 5.41) is 5.53. The van der Waals surface area contributed by atoms with Crippen LogP contribution in [0.5, 0.6) is 23.3 Å². The van der Waals surface area contributed by atoms with Crippen molar-refractivity contribution < 1.29 is 112 Å². The van der Waals surface area contributed by atoms with Crippen LogP contribution in [-0.4, -0.2) is 142 Å². The van der Waals surface area contributed by atoms with Gasteiger partial charge in [0, 0.05) is 66.0 Å². The van der Waals surface area contributed by atoms with Gasteiger partial charge in [-0.25, -0.2) is 42.1 Å². The third-order valence-electron chi connectivity index (χ3n) is 20.8. The first-order valence-electron chi connectivity index (χ1n) is 32.1. The molecule has 20 nitrogen and oxygen atoms in total. The van der Waals surface area contributed by atoms with Crippen LogP contribution in [0.4, 0.5) is 27.2 Å². The number of hydrogen-bond acceptors (Lipinski definition) is 16. The number of halogens is 4. The van der Waals surface area contributed by atoms with Crippen molar-refractivity contribution in [2.24, 2.45) is 45.3 Å². The minimum atomic E-state index is -3.36. The standard InChI is InChI=1S/C34H43F2N4O6.C33H41F2N4O6.2V/c1-7-21-24(18-41)40-17-25(21)45-28-26(37-22-11-10-20(44-6)15-23(22)38-28)34(35,36)33(13-14-33)12-8-9-19-16-32(19,5)46-30(43)39-27(29(40)42)31(2,3)4;1-6-20-23(17-40)39-16-25(20)44-28-26(36-21-10-9-19(43-5)15-22(21)37-28)33(34,35)32(12-13-32)11-7-8-18-14-24(18)45-30(42)38-27(29(39)41)31(2,3)4;;/h10-11,15,19,21,24-25,27H,7-9,12-14,16-17H2,1-6H3,(H,39,43);9-10,15,18,20,23-25,27H,6-8,11-14,16H2,1-5H3,(H,38,42);;/q2*-1;;/t19-,21+,24-,25+,27-,32-;18-,20+,23-,24-,25+,27-;;/m11../s1. The zero-order chi connectivity index (χ0) is 65.5. The van der Waals surface area contributed by atoms with E-state index in [-0.39, 0.29) is 104 Å². The van der Waals surface area contributed by atoms with Crippen LogP contribution in [0, 0.1) is 45.3 Å². The molecule has 2 aromatic carbocycles. The van der Waals surface area contributed by atoms with Gasteiger partial charge in [-0.1, -0.05) is 93.2 Å². The van der Waals surface area contributed by atoms with Gasteiger partial charge in [-0.05, 0) is 124 Å². The minimum Gasteiger partial charge on any atom is -0.540 e. The molecule has 2 spiro atoms. The van der Waals surface area contributed by atoms with Crippen LogP contribution >= 0.6 is 0 Å². The summed E-state index contributed by atoms with van der Waals surface area (Å²) in [6.07, 6.45) is 6.85. The predicted octanol–water partition coefficient (Wildman–Crippen LogP) is 11.0. The molecule has 4 amide bonds. The first kappa shape index (κ1) is 71.3. The minimum absolute atomic E-state index is 0. The van der Waals surface area contributed by atoms with E-state index in [0.717, 1.165) is 0 Å². The third-order valence-corrected chi connectivity index (χ3v) is 20.8. The number of amides is 4. The number of fused-ring (bicyclic) bond motifs is 10. The second-order valence-corrected chi connectivity index (χ2v) is 29.0. The monoisotopic (exact) mass is 1370 g/mol. The number of ether oxygens (including phenoxy) is 6. The Kier molecular flexibility index (Phi) is 20.4. The topological polar surface area (TPSA) is 240 Å². The van der Waals surface area contributed by atoms with E-state index < -0.39 is 123 Å². The van der Waals surface area contributed by atoms with E-state index in [1.165, 1.54) is 24.0 Å². The van der Waals surface area contributed by atoms with Gasteiger partial charge in [-0.3, -0.25) is 9.59 Å². The fourth-order valence-corrected chi connectivity index (χ4v) is 14.4. The molecular weight excluding hydrogens is 1290 g/mol. The summed E-state index contributed by atoms with van der Waals surface area (Å²) in [5.74, 6) is -8.39. The van der Waals surface area contributed by atoms with Crippen molar-refractivity contribution in [1.82, 2.24) is 40.4 Å². The van der Waals surface area contributed by atoms with Gasteiger partial charge in [-0.15, -0.1) is 0 Å². The van der Waals surface area contributed by atoms with Gasteiger partial charge in [0.15, 0.2) is 11.4 Å². The Morgan fingerprint density at radius 3 is 1.43 bits per heavy atom. The van der Waals surface area contributed by atoms with Gasteiger partial charge in [-0.2, -0.15) is 17.6 Å². The first-order valence-corrected chi connectivity index (χ1v) is 32.1. The van der Waals surface area contributed by atoms with Crippen molar-refractivity contribution in [3.05, 3.63) is 47.8 Å². The summed E-state index contributed by atoms with van der Waals surface area (Å²) >= 11 is 0. The molecule has 26 heteroatoms. The van der Waals surface area contributed by atoms with E-state index in [1.54, 1.807) is 36.4 Å². The molecule has 2 aromatic heterocycles. The van der Waals surface area contributed by atoms with Crippen LogP contribution < -0.4 is 29.6 Å². The molecule has 93 heavy (non-hydrogen) atoms. The SMILES string of the molecule is CC[C@@H]1[C@@H]2CN(C(=O)[C@H](C(C)(C)C)NC(=O)O[C@@H]3C[C@H]3CCCC3(CC3)C(F)(F)c3nc4ccc(OC)cc4nc3O2)[C@@H]1[C-]=O.CC[C@@H]1[C@@H]2CN(C(=O)[C@H](C(C)(C)C)NC(=O)O[C@]3(C)C[C@H]3CCCC3(CC3)C(F)(F)c3nc4ccc(OC)cc4nc3O2)[C@@H]1[C-]=O.[V].[V]. The molecule has 12 rings (SSSR count). The zero-order valence-electron chi connectivity index (χ0n) is 54.6. The van der Waals surface area contributed by atoms with E-state index >= 15 is 17.6 Å². The van der Waals surface area contributed by atoms with E-state index in [0.29, 0.717) is 99.6 Å². The predicted molar refractivity (Wildman–Crippen MR) is 324 cm³/mol. The summed E-state index contributed by atoms with van der Waals surface area (Å²) in [4.78, 5) is 99.8. The Bertz CT molecular complexity index is 3500. The normalized spacial score (nSPS) is 31.0. The molecule has 4 aliphatic heterocycles. The van der Waals surface area contributed by atoms with Crippen molar-refractivity contribution in [3.8, 4) is 23.3 Å². The fourth-order valence-electron chi connectivity index (χ4n) is 14.4. The maximum absolute atomic E-state index is 16.8. The number of rotatable bonds is 6. The van der Waals surface area contributed by atoms with E-state index in [1.807, 2.05) is 74.9 Å². The zero-order valence-corrected chi connectivity index (χ0v) is 57.4. The van der Waals surface area contributed by atoms with Crippen LogP contribution in [0.1, 0.15) is 164 Å². The Labute approximate surface area is 563 Å². The molecule has 12 atom stereocenters. The number of methoxy groups -OCH3 is 2. The summed E-state index contributed by atoms with van der Waals surface area (Å²) < 4.78 is 102. The average molecular weight is 1370 g/mol. The number of carbonyl (C=O) groups is 4. The molecule has 6 fully saturated rings. The number of nitrogens with one attached hydrogen (secondary N) is 2. The third kappa shape index (κ3) is 13.8. The van der Waals surface area contributed by atoms with Crippen molar-refractivity contribution in [1.29, 1.82) is 0 Å². The molecule has 8 aliphatic rings. The van der Waals surface area contributed by atoms with Gasteiger partial charge in [0.25, 0.3) is 0 Å². The smallest absolute Gasteiger partial charge is 0.408 e.